The van der Waals surface area contributed by atoms with E-state index in [0.717, 1.165) is 5.39 Å². The molecule has 0 aliphatic carbocycles. The van der Waals surface area contributed by atoms with Gasteiger partial charge in [0.2, 0.25) is 17.7 Å². The number of amides is 2. The molecule has 0 spiro atoms. The number of rotatable bonds is 5. The van der Waals surface area contributed by atoms with Crippen molar-refractivity contribution in [1.82, 2.24) is 19.7 Å². The predicted molar refractivity (Wildman–Crippen MR) is 97.5 cm³/mol. The fourth-order valence-corrected chi connectivity index (χ4v) is 3.65. The van der Waals surface area contributed by atoms with Crippen molar-refractivity contribution in [2.24, 2.45) is 0 Å². The first kappa shape index (κ1) is 18.5. The number of nitrogens with zero attached hydrogens (tertiary/aromatic N) is 2. The Labute approximate surface area is 155 Å². The molecule has 3 N–H and O–H groups in total. The van der Waals surface area contributed by atoms with E-state index in [4.69, 9.17) is 9.47 Å². The number of hydrogen-bond acceptors (Lipinski definition) is 7. The lowest BCUT2D eigenvalue weighted by molar-refractivity contribution is 0.256. The average molecular weight is 391 g/mol. The summed E-state index contributed by atoms with van der Waals surface area (Å²) in [5.41, 5.74) is 1.15. The summed E-state index contributed by atoms with van der Waals surface area (Å²) in [5.74, 6) is 0.116. The van der Waals surface area contributed by atoms with Crippen molar-refractivity contribution in [1.29, 1.82) is 0 Å². The number of urea groups is 1. The molecule has 1 aromatic carbocycles. The number of benzene rings is 1. The van der Waals surface area contributed by atoms with Gasteiger partial charge in [0.25, 0.3) is 10.0 Å². The van der Waals surface area contributed by atoms with E-state index in [1.54, 1.807) is 31.2 Å². The number of ether oxygens (including phenoxy) is 2. The van der Waals surface area contributed by atoms with Crippen molar-refractivity contribution < 1.29 is 22.7 Å². The Morgan fingerprint density at radius 2 is 1.74 bits per heavy atom. The van der Waals surface area contributed by atoms with Gasteiger partial charge in [-0.25, -0.2) is 9.52 Å². The zero-order chi connectivity index (χ0) is 19.6. The number of anilines is 1. The minimum atomic E-state index is -4.14. The normalized spacial score (nSPS) is 11.2. The van der Waals surface area contributed by atoms with Crippen molar-refractivity contribution in [3.63, 3.8) is 0 Å². The third-order valence-corrected chi connectivity index (χ3v) is 5.14. The van der Waals surface area contributed by atoms with E-state index < -0.39 is 16.1 Å². The zero-order valence-corrected chi connectivity index (χ0v) is 15.5. The Hall–Kier alpha value is -3.34. The van der Waals surface area contributed by atoms with Gasteiger partial charge in [-0.15, -0.1) is 0 Å². The molecule has 2 heterocycles. The third kappa shape index (κ3) is 3.77. The van der Waals surface area contributed by atoms with Crippen LogP contribution in [0.1, 0.15) is 5.56 Å². The van der Waals surface area contributed by atoms with Gasteiger partial charge in [-0.2, -0.15) is 18.4 Å². The lowest BCUT2D eigenvalue weighted by Crippen LogP contribution is -2.35. The topological polar surface area (TPSA) is 135 Å². The Kier molecular flexibility index (Phi) is 4.86. The summed E-state index contributed by atoms with van der Waals surface area (Å²) < 4.78 is 37.0. The minimum Gasteiger partial charge on any atom is -0.481 e. The molecule has 2 aromatic heterocycles. The van der Waals surface area contributed by atoms with Crippen LogP contribution in [0.3, 0.4) is 0 Å². The van der Waals surface area contributed by atoms with Gasteiger partial charge in [-0.3, -0.25) is 5.32 Å². The van der Waals surface area contributed by atoms with Crippen LogP contribution in [-0.2, 0) is 10.0 Å². The smallest absolute Gasteiger partial charge is 0.335 e. The van der Waals surface area contributed by atoms with E-state index in [-0.39, 0.29) is 22.7 Å². The number of aryl methyl sites for hydroxylation is 1. The summed E-state index contributed by atoms with van der Waals surface area (Å²) in [6, 6.07) is 7.50. The molecule has 0 saturated heterocycles. The molecule has 0 unspecified atom stereocenters. The van der Waals surface area contributed by atoms with E-state index in [0.29, 0.717) is 11.1 Å². The number of methoxy groups -OCH3 is 2. The van der Waals surface area contributed by atoms with Gasteiger partial charge in [0, 0.05) is 10.9 Å². The molecule has 3 aromatic rings. The first-order valence-corrected chi connectivity index (χ1v) is 9.20. The highest BCUT2D eigenvalue weighted by molar-refractivity contribution is 7.90. The molecule has 0 atom stereocenters. The average Bonchev–Trinajstić information content (AvgIpc) is 2.98. The van der Waals surface area contributed by atoms with Gasteiger partial charge in [0.15, 0.2) is 5.03 Å². The van der Waals surface area contributed by atoms with E-state index in [1.807, 2.05) is 4.72 Å². The first-order chi connectivity index (χ1) is 12.8. The predicted octanol–water partition coefficient (Wildman–Crippen LogP) is 1.79. The summed E-state index contributed by atoms with van der Waals surface area (Å²) in [5, 5.41) is 2.90. The number of aromatic amines is 1. The van der Waals surface area contributed by atoms with Crippen LogP contribution in [0.5, 0.6) is 11.8 Å². The van der Waals surface area contributed by atoms with Crippen LogP contribution < -0.4 is 19.5 Å². The number of hydrogen-bond donors (Lipinski definition) is 3. The highest BCUT2D eigenvalue weighted by Crippen LogP contribution is 2.24. The van der Waals surface area contributed by atoms with Crippen molar-refractivity contribution >= 4 is 32.9 Å². The quantitative estimate of drug-likeness (QED) is 0.603. The summed E-state index contributed by atoms with van der Waals surface area (Å²) >= 11 is 0. The summed E-state index contributed by atoms with van der Waals surface area (Å²) in [4.78, 5) is 22.8. The second kappa shape index (κ2) is 7.11. The minimum absolute atomic E-state index is 0.0945. The summed E-state index contributed by atoms with van der Waals surface area (Å²) in [6.45, 7) is 1.65. The van der Waals surface area contributed by atoms with Crippen LogP contribution in [0.25, 0.3) is 10.9 Å². The lowest BCUT2D eigenvalue weighted by Gasteiger charge is -2.09. The van der Waals surface area contributed by atoms with Crippen LogP contribution in [0.15, 0.2) is 35.4 Å². The van der Waals surface area contributed by atoms with Gasteiger partial charge in [-0.05, 0) is 18.6 Å². The number of fused-ring (bicyclic) bond motifs is 1. The second-order valence-corrected chi connectivity index (χ2v) is 7.08. The molecule has 0 aliphatic heterocycles. The van der Waals surface area contributed by atoms with E-state index in [1.165, 1.54) is 20.3 Å². The van der Waals surface area contributed by atoms with E-state index >= 15 is 0 Å². The number of carbonyl (C=O) groups is 1. The van der Waals surface area contributed by atoms with Crippen LogP contribution in [-0.4, -0.2) is 43.6 Å². The molecule has 11 heteroatoms. The summed E-state index contributed by atoms with van der Waals surface area (Å²) in [6.07, 6.45) is 0. The monoisotopic (exact) mass is 391 g/mol. The number of carbonyl (C=O) groups excluding carboxylic acids is 1. The SMILES string of the molecule is COc1cc(OC)nc(NC(=O)NS(=O)(=O)c2[nH]c3ccccc3c2C)n1. The maximum Gasteiger partial charge on any atom is 0.335 e. The maximum atomic E-state index is 12.6. The van der Waals surface area contributed by atoms with Gasteiger partial charge in [0.1, 0.15) is 0 Å². The zero-order valence-electron chi connectivity index (χ0n) is 14.7. The fraction of sp³-hybridized carbons (Fsp3) is 0.188. The number of nitrogens with one attached hydrogen (secondary N) is 3. The van der Waals surface area contributed by atoms with E-state index in [9.17, 15) is 13.2 Å². The second-order valence-electron chi connectivity index (χ2n) is 5.46. The van der Waals surface area contributed by atoms with Crippen LogP contribution in [0.4, 0.5) is 10.7 Å². The Balaban J connectivity index is 1.83. The van der Waals surface area contributed by atoms with Crippen LogP contribution in [0.2, 0.25) is 0 Å². The highest BCUT2D eigenvalue weighted by Gasteiger charge is 2.24. The molecule has 0 bridgehead atoms. The Bertz CT molecular complexity index is 1090. The summed E-state index contributed by atoms with van der Waals surface area (Å²) in [7, 11) is -1.37. The van der Waals surface area contributed by atoms with Crippen molar-refractivity contribution in [3.05, 3.63) is 35.9 Å². The van der Waals surface area contributed by atoms with Crippen molar-refractivity contribution in [3.8, 4) is 11.8 Å². The molecule has 3 rings (SSSR count). The molecule has 0 aliphatic rings. The molecular weight excluding hydrogens is 374 g/mol. The molecule has 0 fully saturated rings. The van der Waals surface area contributed by atoms with Crippen LogP contribution in [0, 0.1) is 6.92 Å². The molecule has 0 saturated carbocycles. The molecule has 10 nitrogen and oxygen atoms in total. The highest BCUT2D eigenvalue weighted by atomic mass is 32.2. The Morgan fingerprint density at radius 1 is 1.11 bits per heavy atom. The van der Waals surface area contributed by atoms with Gasteiger partial charge in [-0.1, -0.05) is 18.2 Å². The van der Waals surface area contributed by atoms with Gasteiger partial charge in [0.05, 0.1) is 20.3 Å². The van der Waals surface area contributed by atoms with Gasteiger partial charge >= 0.3 is 6.03 Å². The number of sulfonamides is 1. The van der Waals surface area contributed by atoms with Crippen molar-refractivity contribution in [2.45, 2.75) is 11.9 Å². The third-order valence-electron chi connectivity index (χ3n) is 3.74. The fourth-order valence-electron chi connectivity index (χ4n) is 2.50. The molecule has 2 amide bonds. The standard InChI is InChI=1S/C16H17N5O5S/c1-9-10-6-4-5-7-11(10)17-14(9)27(23,24)21-16(22)20-15-18-12(25-2)8-13(19-15)26-3/h4-8,17H,1-3H3,(H2,18,19,20,21,22). The number of H-pyrrole nitrogens is 1. The number of para-hydroxylation sites is 1. The van der Waals surface area contributed by atoms with Crippen molar-refractivity contribution in [2.75, 3.05) is 19.5 Å². The maximum absolute atomic E-state index is 12.6. The molecule has 0 radical (unpaired) electrons. The largest absolute Gasteiger partial charge is 0.481 e. The lowest BCUT2D eigenvalue weighted by atomic mass is 10.2. The first-order valence-electron chi connectivity index (χ1n) is 7.72. The molecule has 27 heavy (non-hydrogen) atoms. The molecular formula is C16H17N5O5S. The van der Waals surface area contributed by atoms with Crippen LogP contribution >= 0.6 is 0 Å². The molecule has 142 valence electrons. The Morgan fingerprint density at radius 3 is 2.33 bits per heavy atom. The van der Waals surface area contributed by atoms with Gasteiger partial charge < -0.3 is 14.5 Å². The van der Waals surface area contributed by atoms with E-state index in [2.05, 4.69) is 20.3 Å². The number of aromatic nitrogens is 3.